The fourth-order valence-corrected chi connectivity index (χ4v) is 1.91. The van der Waals surface area contributed by atoms with Crippen molar-refractivity contribution in [2.24, 2.45) is 5.84 Å². The second-order valence-corrected chi connectivity index (χ2v) is 4.42. The molecule has 1 rings (SSSR count). The van der Waals surface area contributed by atoms with Crippen molar-refractivity contribution in [3.8, 4) is 0 Å². The van der Waals surface area contributed by atoms with Crippen LogP contribution in [0.3, 0.4) is 0 Å². The van der Waals surface area contributed by atoms with Gasteiger partial charge in [-0.25, -0.2) is 0 Å². The van der Waals surface area contributed by atoms with Gasteiger partial charge in [-0.1, -0.05) is 0 Å². The van der Waals surface area contributed by atoms with E-state index >= 15 is 0 Å². The van der Waals surface area contributed by atoms with Crippen LogP contribution in [0.4, 0.5) is 0 Å². The minimum absolute atomic E-state index is 0.261. The van der Waals surface area contributed by atoms with Gasteiger partial charge in [-0.2, -0.15) is 5.10 Å². The van der Waals surface area contributed by atoms with E-state index < -0.39 is 0 Å². The average molecular weight is 225 g/mol. The quantitative estimate of drug-likeness (QED) is 0.534. The first-order chi connectivity index (χ1) is 7.56. The van der Waals surface area contributed by atoms with Gasteiger partial charge < -0.3 is 4.90 Å². The maximum atomic E-state index is 5.56. The summed E-state index contributed by atoms with van der Waals surface area (Å²) in [7, 11) is 4.10. The molecular formula is C11H23N5. The molecule has 1 aromatic rings. The normalized spacial score (nSPS) is 13.4. The number of aryl methyl sites for hydroxylation is 2. The van der Waals surface area contributed by atoms with Crippen LogP contribution in [0.15, 0.2) is 6.07 Å². The van der Waals surface area contributed by atoms with E-state index in [0.717, 1.165) is 25.2 Å². The molecule has 0 aliphatic rings. The third-order valence-corrected chi connectivity index (χ3v) is 2.56. The number of likely N-dealkylation sites (N-methyl/N-ethyl adjacent to an activating group) is 1. The van der Waals surface area contributed by atoms with Crippen LogP contribution < -0.4 is 11.3 Å². The van der Waals surface area contributed by atoms with Crippen LogP contribution >= 0.6 is 0 Å². The Morgan fingerprint density at radius 3 is 2.75 bits per heavy atom. The minimum Gasteiger partial charge on any atom is -0.308 e. The van der Waals surface area contributed by atoms with Gasteiger partial charge in [0.2, 0.25) is 0 Å². The van der Waals surface area contributed by atoms with E-state index in [4.69, 9.17) is 5.84 Å². The highest BCUT2D eigenvalue weighted by atomic mass is 15.3. The monoisotopic (exact) mass is 225 g/mol. The SMILES string of the molecule is CCn1nc(C)cc1CC(CN(C)C)NN. The fraction of sp³-hybridized carbons (Fsp3) is 0.727. The molecule has 5 nitrogen and oxygen atoms in total. The molecule has 3 N–H and O–H groups in total. The molecule has 1 heterocycles. The van der Waals surface area contributed by atoms with Gasteiger partial charge in [0.15, 0.2) is 0 Å². The highest BCUT2D eigenvalue weighted by Crippen LogP contribution is 2.07. The molecular weight excluding hydrogens is 202 g/mol. The lowest BCUT2D eigenvalue weighted by atomic mass is 10.1. The number of hydrazine groups is 1. The first-order valence-electron chi connectivity index (χ1n) is 5.71. The summed E-state index contributed by atoms with van der Waals surface area (Å²) in [4.78, 5) is 2.13. The summed E-state index contributed by atoms with van der Waals surface area (Å²) >= 11 is 0. The Balaban J connectivity index is 2.69. The Kier molecular flexibility index (Phi) is 4.92. The van der Waals surface area contributed by atoms with Gasteiger partial charge >= 0.3 is 0 Å². The molecule has 0 fully saturated rings. The Hall–Kier alpha value is -0.910. The predicted molar refractivity (Wildman–Crippen MR) is 66.0 cm³/mol. The summed E-state index contributed by atoms with van der Waals surface area (Å²) in [5.41, 5.74) is 5.17. The molecule has 0 spiro atoms. The third-order valence-electron chi connectivity index (χ3n) is 2.56. The Morgan fingerprint density at radius 1 is 1.56 bits per heavy atom. The summed E-state index contributed by atoms with van der Waals surface area (Å²) < 4.78 is 2.04. The standard InChI is InChI=1S/C11H23N5/c1-5-16-11(6-9(2)14-16)7-10(13-12)8-15(3)4/h6,10,13H,5,7-8,12H2,1-4H3. The van der Waals surface area contributed by atoms with Crippen LogP contribution in [0.25, 0.3) is 0 Å². The zero-order valence-electron chi connectivity index (χ0n) is 10.7. The fourth-order valence-electron chi connectivity index (χ4n) is 1.91. The van der Waals surface area contributed by atoms with E-state index in [1.807, 2.05) is 25.7 Å². The molecule has 0 saturated heterocycles. The summed E-state index contributed by atoms with van der Waals surface area (Å²) in [6, 6.07) is 2.39. The van der Waals surface area contributed by atoms with Gasteiger partial charge in [0, 0.05) is 31.2 Å². The van der Waals surface area contributed by atoms with Crippen molar-refractivity contribution in [3.05, 3.63) is 17.5 Å². The second-order valence-electron chi connectivity index (χ2n) is 4.42. The van der Waals surface area contributed by atoms with Crippen LogP contribution in [0.5, 0.6) is 0 Å². The lowest BCUT2D eigenvalue weighted by molar-refractivity contribution is 0.334. The molecule has 1 aromatic heterocycles. The highest BCUT2D eigenvalue weighted by molar-refractivity contribution is 5.10. The highest BCUT2D eigenvalue weighted by Gasteiger charge is 2.12. The molecule has 0 aromatic carbocycles. The van der Waals surface area contributed by atoms with E-state index in [9.17, 15) is 0 Å². The number of hydrogen-bond donors (Lipinski definition) is 2. The van der Waals surface area contributed by atoms with Gasteiger partial charge in [0.05, 0.1) is 5.69 Å². The zero-order valence-corrected chi connectivity index (χ0v) is 10.7. The maximum absolute atomic E-state index is 5.56. The Bertz CT molecular complexity index is 318. The largest absolute Gasteiger partial charge is 0.308 e. The summed E-state index contributed by atoms with van der Waals surface area (Å²) in [5.74, 6) is 5.56. The van der Waals surface area contributed by atoms with Crippen LogP contribution in [0, 0.1) is 6.92 Å². The van der Waals surface area contributed by atoms with Gasteiger partial charge in [-0.3, -0.25) is 16.0 Å². The summed E-state index contributed by atoms with van der Waals surface area (Å²) in [5, 5.41) is 4.43. The molecule has 0 amide bonds. The molecule has 5 heteroatoms. The number of rotatable bonds is 6. The number of aromatic nitrogens is 2. The second kappa shape index (κ2) is 5.98. The van der Waals surface area contributed by atoms with E-state index in [0.29, 0.717) is 0 Å². The van der Waals surface area contributed by atoms with Gasteiger partial charge in [0.25, 0.3) is 0 Å². The Morgan fingerprint density at radius 2 is 2.25 bits per heavy atom. The maximum Gasteiger partial charge on any atom is 0.0596 e. The van der Waals surface area contributed by atoms with E-state index in [1.54, 1.807) is 0 Å². The number of nitrogens with two attached hydrogens (primary N) is 1. The first kappa shape index (κ1) is 13.2. The van der Waals surface area contributed by atoms with E-state index in [2.05, 4.69) is 28.4 Å². The van der Waals surface area contributed by atoms with E-state index in [-0.39, 0.29) is 6.04 Å². The molecule has 1 unspecified atom stereocenters. The van der Waals surface area contributed by atoms with Crippen molar-refractivity contribution in [1.82, 2.24) is 20.1 Å². The number of nitrogens with one attached hydrogen (secondary N) is 1. The van der Waals surface area contributed by atoms with Crippen molar-refractivity contribution in [1.29, 1.82) is 0 Å². The van der Waals surface area contributed by atoms with Crippen molar-refractivity contribution in [2.75, 3.05) is 20.6 Å². The average Bonchev–Trinajstić information content (AvgIpc) is 2.57. The predicted octanol–water partition coefficient (Wildman–Crippen LogP) is 0.147. The summed E-state index contributed by atoms with van der Waals surface area (Å²) in [6.07, 6.45) is 0.906. The molecule has 0 aliphatic carbocycles. The van der Waals surface area contributed by atoms with Crippen LogP contribution in [0.1, 0.15) is 18.3 Å². The lowest BCUT2D eigenvalue weighted by Crippen LogP contribution is -2.44. The third kappa shape index (κ3) is 3.59. The molecule has 1 atom stereocenters. The smallest absolute Gasteiger partial charge is 0.0596 e. The van der Waals surface area contributed by atoms with Crippen LogP contribution in [-0.4, -0.2) is 41.4 Å². The van der Waals surface area contributed by atoms with Gasteiger partial charge in [0.1, 0.15) is 0 Å². The topological polar surface area (TPSA) is 59.1 Å². The molecule has 0 aliphatic heterocycles. The number of hydrogen-bond acceptors (Lipinski definition) is 4. The van der Waals surface area contributed by atoms with Gasteiger partial charge in [-0.05, 0) is 34.0 Å². The van der Waals surface area contributed by atoms with Crippen LogP contribution in [-0.2, 0) is 13.0 Å². The van der Waals surface area contributed by atoms with Crippen molar-refractivity contribution >= 4 is 0 Å². The molecule has 16 heavy (non-hydrogen) atoms. The van der Waals surface area contributed by atoms with Crippen molar-refractivity contribution in [2.45, 2.75) is 32.9 Å². The molecule has 92 valence electrons. The zero-order chi connectivity index (χ0) is 12.1. The Labute approximate surface area is 97.6 Å². The summed E-state index contributed by atoms with van der Waals surface area (Å²) in [6.45, 7) is 5.95. The van der Waals surface area contributed by atoms with Crippen molar-refractivity contribution < 1.29 is 0 Å². The molecule has 0 saturated carbocycles. The molecule has 0 bridgehead atoms. The van der Waals surface area contributed by atoms with Gasteiger partial charge in [-0.15, -0.1) is 0 Å². The van der Waals surface area contributed by atoms with Crippen molar-refractivity contribution in [3.63, 3.8) is 0 Å². The minimum atomic E-state index is 0.261. The first-order valence-corrected chi connectivity index (χ1v) is 5.71. The lowest BCUT2D eigenvalue weighted by Gasteiger charge is -2.20. The number of nitrogens with zero attached hydrogens (tertiary/aromatic N) is 3. The van der Waals surface area contributed by atoms with Crippen LogP contribution in [0.2, 0.25) is 0 Å². The molecule has 0 radical (unpaired) electrons. The van der Waals surface area contributed by atoms with E-state index in [1.165, 1.54) is 5.69 Å².